The lowest BCUT2D eigenvalue weighted by molar-refractivity contribution is 0.0543. The van der Waals surface area contributed by atoms with Crippen LogP contribution in [0.4, 0.5) is 4.39 Å². The van der Waals surface area contributed by atoms with Gasteiger partial charge in [-0.1, -0.05) is 74.4 Å². The molecule has 0 saturated carbocycles. The van der Waals surface area contributed by atoms with Gasteiger partial charge in [0, 0.05) is 55.7 Å². The van der Waals surface area contributed by atoms with E-state index in [0.717, 1.165) is 55.6 Å². The number of carbonyl (C=O) groups excluding carboxylic acids is 1. The molecule has 4 nitrogen and oxygen atoms in total. The molecule has 41 heavy (non-hydrogen) atoms. The molecular formula is C36H40FN3O. The molecule has 1 aliphatic rings. The quantitative estimate of drug-likeness (QED) is 0.178. The van der Waals surface area contributed by atoms with Crippen LogP contribution in [0, 0.1) is 5.82 Å². The number of amides is 1. The van der Waals surface area contributed by atoms with Crippen LogP contribution in [-0.4, -0.2) is 39.8 Å². The van der Waals surface area contributed by atoms with Crippen molar-refractivity contribution in [2.24, 2.45) is 0 Å². The van der Waals surface area contributed by atoms with Gasteiger partial charge in [-0.05, 0) is 78.3 Å². The molecule has 0 N–H and O–H groups in total. The molecule has 0 spiro atoms. The average Bonchev–Trinajstić information content (AvgIpc) is 3.02. The van der Waals surface area contributed by atoms with E-state index in [1.807, 2.05) is 54.9 Å². The van der Waals surface area contributed by atoms with Crippen molar-refractivity contribution >= 4 is 5.91 Å². The molecular weight excluding hydrogens is 509 g/mol. The lowest BCUT2D eigenvalue weighted by Gasteiger charge is -2.39. The normalized spacial score (nSPS) is 14.2. The van der Waals surface area contributed by atoms with E-state index in [9.17, 15) is 9.18 Å². The zero-order valence-corrected chi connectivity index (χ0v) is 24.0. The van der Waals surface area contributed by atoms with Gasteiger partial charge in [-0.3, -0.25) is 14.7 Å². The number of likely N-dealkylation sites (tertiary alicyclic amines) is 1. The summed E-state index contributed by atoms with van der Waals surface area (Å²) in [5, 5.41) is 0. The second-order valence-corrected chi connectivity index (χ2v) is 11.1. The van der Waals surface area contributed by atoms with Gasteiger partial charge in [0.15, 0.2) is 0 Å². The number of benzene rings is 3. The molecule has 3 aromatic carbocycles. The van der Waals surface area contributed by atoms with Crippen LogP contribution in [0.1, 0.15) is 66.1 Å². The predicted octanol–water partition coefficient (Wildman–Crippen LogP) is 7.93. The lowest BCUT2D eigenvalue weighted by atomic mass is 9.98. The summed E-state index contributed by atoms with van der Waals surface area (Å²) in [5.41, 5.74) is 5.77. The summed E-state index contributed by atoms with van der Waals surface area (Å²) >= 11 is 0. The van der Waals surface area contributed by atoms with Gasteiger partial charge in [-0.15, -0.1) is 0 Å². The maximum Gasteiger partial charge on any atom is 0.254 e. The van der Waals surface area contributed by atoms with E-state index in [2.05, 4.69) is 46.0 Å². The van der Waals surface area contributed by atoms with Crippen molar-refractivity contribution in [3.8, 4) is 11.1 Å². The first-order chi connectivity index (χ1) is 20.1. The van der Waals surface area contributed by atoms with Crippen molar-refractivity contribution in [3.05, 3.63) is 125 Å². The van der Waals surface area contributed by atoms with Gasteiger partial charge in [0.05, 0.1) is 0 Å². The number of halogens is 1. The van der Waals surface area contributed by atoms with Crippen LogP contribution in [0.3, 0.4) is 0 Å². The van der Waals surface area contributed by atoms with Gasteiger partial charge in [-0.2, -0.15) is 0 Å². The topological polar surface area (TPSA) is 36.4 Å². The monoisotopic (exact) mass is 549 g/mol. The molecule has 1 aliphatic heterocycles. The van der Waals surface area contributed by atoms with Gasteiger partial charge in [-0.25, -0.2) is 4.39 Å². The predicted molar refractivity (Wildman–Crippen MR) is 164 cm³/mol. The van der Waals surface area contributed by atoms with Crippen LogP contribution in [0.5, 0.6) is 0 Å². The zero-order valence-electron chi connectivity index (χ0n) is 24.0. The van der Waals surface area contributed by atoms with Crippen molar-refractivity contribution in [1.29, 1.82) is 0 Å². The number of aromatic nitrogens is 1. The summed E-state index contributed by atoms with van der Waals surface area (Å²) in [7, 11) is 0. The summed E-state index contributed by atoms with van der Waals surface area (Å²) in [6.45, 7) is 5.54. The Bertz CT molecular complexity index is 1380. The van der Waals surface area contributed by atoms with Gasteiger partial charge < -0.3 is 4.90 Å². The molecule has 0 bridgehead atoms. The molecule has 1 amide bonds. The molecule has 1 fully saturated rings. The van der Waals surface area contributed by atoms with Crippen LogP contribution in [0.25, 0.3) is 11.1 Å². The summed E-state index contributed by atoms with van der Waals surface area (Å²) in [6.07, 6.45) is 10.2. The molecule has 1 aromatic heterocycles. The first-order valence-corrected chi connectivity index (χ1v) is 15.0. The fourth-order valence-electron chi connectivity index (χ4n) is 5.74. The Balaban J connectivity index is 1.31. The van der Waals surface area contributed by atoms with Crippen molar-refractivity contribution in [1.82, 2.24) is 14.8 Å². The van der Waals surface area contributed by atoms with Crippen LogP contribution in [0.15, 0.2) is 97.3 Å². The van der Waals surface area contributed by atoms with E-state index >= 15 is 0 Å². The van der Waals surface area contributed by atoms with E-state index in [4.69, 9.17) is 0 Å². The minimum Gasteiger partial charge on any atom is -0.331 e. The Kier molecular flexibility index (Phi) is 9.92. The fourth-order valence-corrected chi connectivity index (χ4v) is 5.74. The van der Waals surface area contributed by atoms with E-state index in [0.29, 0.717) is 12.1 Å². The highest BCUT2D eigenvalue weighted by Gasteiger charge is 2.29. The highest BCUT2D eigenvalue weighted by atomic mass is 19.1. The SMILES string of the molecule is CCCCCc1ccc(C(=O)N(Cc2ccc(-c3ccccc3F)cc2)C2CCN(Cc3ccncc3)CC2)cc1. The van der Waals surface area contributed by atoms with Gasteiger partial charge in [0.25, 0.3) is 5.91 Å². The number of rotatable bonds is 11. The number of pyridine rings is 1. The summed E-state index contributed by atoms with van der Waals surface area (Å²) in [4.78, 5) is 22.6. The van der Waals surface area contributed by atoms with Crippen LogP contribution < -0.4 is 0 Å². The van der Waals surface area contributed by atoms with Gasteiger partial charge >= 0.3 is 0 Å². The van der Waals surface area contributed by atoms with E-state index in [1.165, 1.54) is 36.5 Å². The summed E-state index contributed by atoms with van der Waals surface area (Å²) in [5.74, 6) is -0.149. The van der Waals surface area contributed by atoms with E-state index in [-0.39, 0.29) is 17.8 Å². The molecule has 1 saturated heterocycles. The zero-order chi connectivity index (χ0) is 28.4. The van der Waals surface area contributed by atoms with E-state index < -0.39 is 0 Å². The Hall–Kier alpha value is -3.83. The molecule has 4 aromatic rings. The number of aryl methyl sites for hydroxylation is 1. The maximum atomic E-state index is 14.3. The highest BCUT2D eigenvalue weighted by Crippen LogP contribution is 2.26. The van der Waals surface area contributed by atoms with E-state index in [1.54, 1.807) is 12.1 Å². The first kappa shape index (κ1) is 28.7. The number of piperidine rings is 1. The Morgan fingerprint density at radius 1 is 0.854 bits per heavy atom. The largest absolute Gasteiger partial charge is 0.331 e. The Labute approximate surface area is 243 Å². The molecule has 0 unspecified atom stereocenters. The average molecular weight is 550 g/mol. The Morgan fingerprint density at radius 3 is 2.22 bits per heavy atom. The number of nitrogens with zero attached hydrogens (tertiary/aromatic N) is 3. The van der Waals surface area contributed by atoms with Crippen molar-refractivity contribution < 1.29 is 9.18 Å². The standard InChI is InChI=1S/C36H40FN3O/c1-2-3-4-7-28-10-16-32(17-11-28)36(41)40(33-20-24-39(25-21-33)26-30-18-22-38-23-19-30)27-29-12-14-31(15-13-29)34-8-5-6-9-35(34)37/h5-6,8-19,22-23,33H,2-4,7,20-21,24-27H2,1H3. The van der Waals surface area contributed by atoms with Crippen LogP contribution in [-0.2, 0) is 19.5 Å². The molecule has 5 heteroatoms. The molecule has 5 rings (SSSR count). The van der Waals surface area contributed by atoms with Gasteiger partial charge in [0.1, 0.15) is 5.82 Å². The highest BCUT2D eigenvalue weighted by molar-refractivity contribution is 5.94. The number of unbranched alkanes of at least 4 members (excludes halogenated alkanes) is 2. The number of hydrogen-bond acceptors (Lipinski definition) is 3. The minimum absolute atomic E-state index is 0.0795. The smallest absolute Gasteiger partial charge is 0.254 e. The third kappa shape index (κ3) is 7.68. The third-order valence-electron chi connectivity index (χ3n) is 8.18. The molecule has 0 aliphatic carbocycles. The molecule has 2 heterocycles. The summed E-state index contributed by atoms with van der Waals surface area (Å²) in [6, 6.07) is 27.3. The second-order valence-electron chi connectivity index (χ2n) is 11.1. The number of carbonyl (C=O) groups is 1. The van der Waals surface area contributed by atoms with Crippen LogP contribution >= 0.6 is 0 Å². The Morgan fingerprint density at radius 2 is 1.54 bits per heavy atom. The third-order valence-corrected chi connectivity index (χ3v) is 8.18. The lowest BCUT2D eigenvalue weighted by Crippen LogP contribution is -2.46. The van der Waals surface area contributed by atoms with Crippen molar-refractivity contribution in [2.75, 3.05) is 13.1 Å². The number of hydrogen-bond donors (Lipinski definition) is 0. The maximum absolute atomic E-state index is 14.3. The second kappa shape index (κ2) is 14.2. The first-order valence-electron chi connectivity index (χ1n) is 15.0. The van der Waals surface area contributed by atoms with Crippen LogP contribution in [0.2, 0.25) is 0 Å². The fraction of sp³-hybridized carbons (Fsp3) is 0.333. The van der Waals surface area contributed by atoms with Gasteiger partial charge in [0.2, 0.25) is 0 Å². The minimum atomic E-state index is -0.228. The molecule has 0 radical (unpaired) electrons. The summed E-state index contributed by atoms with van der Waals surface area (Å²) < 4.78 is 14.3. The van der Waals surface area contributed by atoms with Crippen molar-refractivity contribution in [2.45, 2.75) is 64.6 Å². The molecule has 0 atom stereocenters. The van der Waals surface area contributed by atoms with Crippen molar-refractivity contribution in [3.63, 3.8) is 0 Å². The molecule has 212 valence electrons.